The van der Waals surface area contributed by atoms with Crippen molar-refractivity contribution in [3.05, 3.63) is 53.9 Å². The van der Waals surface area contributed by atoms with E-state index in [4.69, 9.17) is 10.8 Å². The van der Waals surface area contributed by atoms with Crippen LogP contribution in [0.5, 0.6) is 0 Å². The van der Waals surface area contributed by atoms with Gasteiger partial charge in [0, 0.05) is 22.5 Å². The van der Waals surface area contributed by atoms with Gasteiger partial charge >= 0.3 is 5.97 Å². The van der Waals surface area contributed by atoms with Crippen LogP contribution in [0.15, 0.2) is 47.5 Å². The molecule has 1 aromatic carbocycles. The van der Waals surface area contributed by atoms with Crippen LogP contribution in [0.1, 0.15) is 16.1 Å². The molecule has 2 rings (SSSR count). The van der Waals surface area contributed by atoms with Gasteiger partial charge < -0.3 is 10.8 Å². The summed E-state index contributed by atoms with van der Waals surface area (Å²) in [7, 11) is 0. The minimum absolute atomic E-state index is 0.205. The van der Waals surface area contributed by atoms with E-state index < -0.39 is 5.97 Å². The molecule has 0 unspecified atom stereocenters. The average Bonchev–Trinajstić information content (AvgIpc) is 2.38. The first-order valence-corrected chi connectivity index (χ1v) is 6.30. The number of nitrogen functional groups attached to an aromatic ring is 1. The smallest absolute Gasteiger partial charge is 0.337 e. The fraction of sp³-hybridized carbons (Fsp3) is 0.0769. The zero-order chi connectivity index (χ0) is 13.0. The molecular weight excluding hydrogens is 248 g/mol. The molecule has 0 atom stereocenters. The van der Waals surface area contributed by atoms with Crippen molar-refractivity contribution in [3.63, 3.8) is 0 Å². The lowest BCUT2D eigenvalue weighted by Gasteiger charge is -2.02. The van der Waals surface area contributed by atoms with Gasteiger partial charge in [0.05, 0.1) is 11.3 Å². The minimum Gasteiger partial charge on any atom is -0.478 e. The van der Waals surface area contributed by atoms with Crippen molar-refractivity contribution >= 4 is 23.4 Å². The Labute approximate surface area is 109 Å². The Balaban J connectivity index is 1.97. The number of carbonyl (C=O) groups is 1. The Hall–Kier alpha value is -2.01. The summed E-state index contributed by atoms with van der Waals surface area (Å²) < 4.78 is 0. The fourth-order valence-corrected chi connectivity index (χ4v) is 2.17. The average molecular weight is 260 g/mol. The zero-order valence-corrected chi connectivity index (χ0v) is 10.4. The van der Waals surface area contributed by atoms with Crippen LogP contribution >= 0.6 is 11.8 Å². The Morgan fingerprint density at radius 2 is 1.94 bits per heavy atom. The summed E-state index contributed by atoms with van der Waals surface area (Å²) in [5.41, 5.74) is 7.39. The molecule has 0 aliphatic heterocycles. The molecule has 92 valence electrons. The Kier molecular flexibility index (Phi) is 3.84. The van der Waals surface area contributed by atoms with Gasteiger partial charge in [-0.05, 0) is 36.4 Å². The first-order chi connectivity index (χ1) is 8.65. The predicted molar refractivity (Wildman–Crippen MR) is 71.6 cm³/mol. The second-order valence-electron chi connectivity index (χ2n) is 3.70. The number of anilines is 1. The zero-order valence-electron chi connectivity index (χ0n) is 9.54. The Morgan fingerprint density at radius 3 is 2.50 bits per heavy atom. The second kappa shape index (κ2) is 5.55. The first-order valence-electron chi connectivity index (χ1n) is 5.32. The summed E-state index contributed by atoms with van der Waals surface area (Å²) in [6, 6.07) is 10.9. The number of hydrogen-bond donors (Lipinski definition) is 2. The van der Waals surface area contributed by atoms with Crippen LogP contribution in [0.3, 0.4) is 0 Å². The molecule has 0 radical (unpaired) electrons. The van der Waals surface area contributed by atoms with Crippen molar-refractivity contribution < 1.29 is 9.90 Å². The van der Waals surface area contributed by atoms with Crippen molar-refractivity contribution in [1.82, 2.24) is 4.98 Å². The number of aromatic carboxylic acids is 1. The largest absolute Gasteiger partial charge is 0.478 e. The van der Waals surface area contributed by atoms with Gasteiger partial charge in [-0.25, -0.2) is 4.79 Å². The molecule has 0 fully saturated rings. The number of carboxylic acids is 1. The van der Waals surface area contributed by atoms with Gasteiger partial charge in [-0.1, -0.05) is 0 Å². The van der Waals surface area contributed by atoms with Gasteiger partial charge in [-0.2, -0.15) is 0 Å². The highest BCUT2D eigenvalue weighted by Gasteiger charge is 2.03. The number of nitrogens with two attached hydrogens (primary N) is 1. The molecule has 0 bridgehead atoms. The van der Waals surface area contributed by atoms with E-state index in [1.807, 2.05) is 24.3 Å². The molecule has 18 heavy (non-hydrogen) atoms. The number of pyridine rings is 1. The first kappa shape index (κ1) is 12.4. The quantitative estimate of drug-likeness (QED) is 0.653. The molecule has 0 aliphatic rings. The van der Waals surface area contributed by atoms with Crippen LogP contribution in [-0.2, 0) is 5.75 Å². The van der Waals surface area contributed by atoms with Gasteiger partial charge in [0.2, 0.25) is 0 Å². The van der Waals surface area contributed by atoms with E-state index in [9.17, 15) is 4.79 Å². The number of rotatable bonds is 4. The van der Waals surface area contributed by atoms with Gasteiger partial charge in [-0.3, -0.25) is 4.98 Å². The van der Waals surface area contributed by atoms with E-state index in [1.54, 1.807) is 23.9 Å². The van der Waals surface area contributed by atoms with Crippen LogP contribution < -0.4 is 5.73 Å². The Bertz CT molecular complexity index is 538. The lowest BCUT2D eigenvalue weighted by Crippen LogP contribution is -1.98. The number of aromatic nitrogens is 1. The van der Waals surface area contributed by atoms with E-state index in [0.29, 0.717) is 5.75 Å². The number of carboxylic acid groups (broad SMARTS) is 1. The molecule has 5 heteroatoms. The van der Waals surface area contributed by atoms with E-state index >= 15 is 0 Å². The summed E-state index contributed by atoms with van der Waals surface area (Å²) in [4.78, 5) is 15.9. The lowest BCUT2D eigenvalue weighted by atomic mass is 10.2. The summed E-state index contributed by atoms with van der Waals surface area (Å²) >= 11 is 1.63. The third-order valence-electron chi connectivity index (χ3n) is 2.34. The highest BCUT2D eigenvalue weighted by molar-refractivity contribution is 7.98. The normalized spacial score (nSPS) is 10.2. The molecule has 2 aromatic rings. The highest BCUT2D eigenvalue weighted by atomic mass is 32.2. The molecule has 0 aliphatic carbocycles. The maximum absolute atomic E-state index is 10.7. The minimum atomic E-state index is -0.958. The van der Waals surface area contributed by atoms with Crippen LogP contribution in [0, 0.1) is 0 Å². The van der Waals surface area contributed by atoms with E-state index in [-0.39, 0.29) is 5.56 Å². The molecule has 1 heterocycles. The molecule has 0 spiro atoms. The topological polar surface area (TPSA) is 76.2 Å². The molecular formula is C13H12N2O2S. The highest BCUT2D eigenvalue weighted by Crippen LogP contribution is 2.22. The number of hydrogen-bond acceptors (Lipinski definition) is 4. The molecule has 0 saturated heterocycles. The van der Waals surface area contributed by atoms with Crippen LogP contribution in [-0.4, -0.2) is 16.1 Å². The van der Waals surface area contributed by atoms with Crippen molar-refractivity contribution in [2.45, 2.75) is 10.6 Å². The Morgan fingerprint density at radius 1 is 1.22 bits per heavy atom. The summed E-state index contributed by atoms with van der Waals surface area (Å²) in [5, 5.41) is 8.75. The maximum Gasteiger partial charge on any atom is 0.337 e. The predicted octanol–water partition coefficient (Wildman–Crippen LogP) is 2.65. The van der Waals surface area contributed by atoms with Gasteiger partial charge in [0.15, 0.2) is 0 Å². The molecule has 3 N–H and O–H groups in total. The van der Waals surface area contributed by atoms with Gasteiger partial charge in [0.25, 0.3) is 0 Å². The summed E-state index contributed by atoms with van der Waals surface area (Å²) in [5.74, 6) is -0.260. The van der Waals surface area contributed by atoms with Crippen LogP contribution in [0.25, 0.3) is 0 Å². The molecule has 1 aromatic heterocycles. The number of thioether (sulfide) groups is 1. The van der Waals surface area contributed by atoms with Gasteiger partial charge in [0.1, 0.15) is 0 Å². The third kappa shape index (κ3) is 3.24. The third-order valence-corrected chi connectivity index (χ3v) is 3.38. The lowest BCUT2D eigenvalue weighted by molar-refractivity contribution is 0.0696. The number of benzene rings is 1. The molecule has 4 nitrogen and oxygen atoms in total. The maximum atomic E-state index is 10.7. The SMILES string of the molecule is Nc1ccc(SCc2ccc(C(=O)O)cn2)cc1. The molecule has 0 amide bonds. The van der Waals surface area contributed by atoms with Crippen molar-refractivity contribution in [1.29, 1.82) is 0 Å². The second-order valence-corrected chi connectivity index (χ2v) is 4.75. The van der Waals surface area contributed by atoms with E-state index in [1.165, 1.54) is 6.20 Å². The van der Waals surface area contributed by atoms with Gasteiger partial charge in [-0.15, -0.1) is 11.8 Å². The van der Waals surface area contributed by atoms with E-state index in [0.717, 1.165) is 16.3 Å². The summed E-state index contributed by atoms with van der Waals surface area (Å²) in [6.07, 6.45) is 1.38. The molecule has 0 saturated carbocycles. The van der Waals surface area contributed by atoms with Crippen molar-refractivity contribution in [2.24, 2.45) is 0 Å². The monoisotopic (exact) mass is 260 g/mol. The van der Waals surface area contributed by atoms with Crippen molar-refractivity contribution in [3.8, 4) is 0 Å². The van der Waals surface area contributed by atoms with E-state index in [2.05, 4.69) is 4.98 Å². The standard InChI is InChI=1S/C13H12N2O2S/c14-10-2-5-12(6-3-10)18-8-11-4-1-9(7-15-11)13(16)17/h1-7H,8,14H2,(H,16,17). The van der Waals surface area contributed by atoms with Crippen LogP contribution in [0.2, 0.25) is 0 Å². The summed E-state index contributed by atoms with van der Waals surface area (Å²) in [6.45, 7) is 0. The van der Waals surface area contributed by atoms with Crippen LogP contribution in [0.4, 0.5) is 5.69 Å². The van der Waals surface area contributed by atoms with Crippen molar-refractivity contribution in [2.75, 3.05) is 5.73 Å². The fourth-order valence-electron chi connectivity index (χ4n) is 1.36. The number of nitrogens with zero attached hydrogens (tertiary/aromatic N) is 1.